The van der Waals surface area contributed by atoms with Crippen LogP contribution in [0.4, 0.5) is 11.4 Å². The molecule has 0 saturated carbocycles. The van der Waals surface area contributed by atoms with Crippen LogP contribution in [0.25, 0.3) is 0 Å². The molecule has 0 bridgehead atoms. The van der Waals surface area contributed by atoms with Crippen LogP contribution in [0, 0.1) is 0 Å². The van der Waals surface area contributed by atoms with Gasteiger partial charge in [0.15, 0.2) is 0 Å². The molecule has 0 aliphatic heterocycles. The molecule has 0 aromatic heterocycles. The monoisotopic (exact) mass is 384 g/mol. The van der Waals surface area contributed by atoms with Crippen molar-refractivity contribution >= 4 is 36.9 Å². The Hall–Kier alpha value is -1.91. The van der Waals surface area contributed by atoms with Crippen molar-refractivity contribution in [2.45, 2.75) is 4.90 Å². The van der Waals surface area contributed by atoms with Gasteiger partial charge < -0.3 is 0 Å². The van der Waals surface area contributed by atoms with Crippen molar-refractivity contribution in [3.05, 3.63) is 89.4 Å². The number of halogens is 1. The van der Waals surface area contributed by atoms with Crippen LogP contribution in [0.2, 0.25) is 0 Å². The van der Waals surface area contributed by atoms with E-state index in [9.17, 15) is 0 Å². The lowest BCUT2D eigenvalue weighted by Crippen LogP contribution is -1.96. The quantitative estimate of drug-likeness (QED) is 0.484. The summed E-state index contributed by atoms with van der Waals surface area (Å²) in [7, 11) is -1.71. The van der Waals surface area contributed by atoms with Gasteiger partial charge in [0, 0.05) is 15.6 Å². The maximum absolute atomic E-state index is 4.99. The first-order chi connectivity index (χ1) is 11.2. The second-order valence-corrected chi connectivity index (χ2v) is 8.56. The maximum atomic E-state index is 4.99. The molecule has 0 unspecified atom stereocenters. The van der Waals surface area contributed by atoms with E-state index in [1.54, 1.807) is 0 Å². The van der Waals surface area contributed by atoms with Crippen LogP contribution in [-0.2, 0) is 9.62 Å². The van der Waals surface area contributed by atoms with E-state index in [0.29, 0.717) is 0 Å². The van der Waals surface area contributed by atoms with Crippen LogP contribution in [0.5, 0.6) is 0 Å². The summed E-state index contributed by atoms with van der Waals surface area (Å²) >= 11 is 3.49. The predicted octanol–water partition coefficient (Wildman–Crippen LogP) is 6.62. The average Bonchev–Trinajstić information content (AvgIpc) is 2.57. The summed E-state index contributed by atoms with van der Waals surface area (Å²) in [5.74, 6) is 0. The van der Waals surface area contributed by atoms with Crippen LogP contribution < -0.4 is 0 Å². The van der Waals surface area contributed by atoms with Crippen molar-refractivity contribution in [1.29, 1.82) is 0 Å². The van der Waals surface area contributed by atoms with E-state index in [1.807, 2.05) is 72.8 Å². The molecular weight excluding hydrogens is 368 g/mol. The van der Waals surface area contributed by atoms with Crippen LogP contribution in [0.15, 0.2) is 103 Å². The van der Waals surface area contributed by atoms with Crippen molar-refractivity contribution in [3.8, 4) is 0 Å². The zero-order valence-electron chi connectivity index (χ0n) is 12.8. The van der Waals surface area contributed by atoms with Crippen LogP contribution in [-0.4, -0.2) is 6.26 Å². The Morgan fingerprint density at radius 1 is 0.652 bits per heavy atom. The molecule has 116 valence electrons. The van der Waals surface area contributed by atoms with Crippen molar-refractivity contribution in [1.82, 2.24) is 0 Å². The molecule has 0 aliphatic rings. The Balaban J connectivity index is 2.23. The van der Waals surface area contributed by atoms with E-state index in [2.05, 4.69) is 34.3 Å². The van der Waals surface area contributed by atoms with E-state index in [1.165, 1.54) is 0 Å². The Morgan fingerprint density at radius 3 is 1.52 bits per heavy atom. The summed E-state index contributed by atoms with van der Waals surface area (Å²) in [6, 6.07) is 28.4. The van der Waals surface area contributed by atoms with Gasteiger partial charge in [-0.1, -0.05) is 52.3 Å². The van der Waals surface area contributed by atoms with Gasteiger partial charge in [0.2, 0.25) is 0 Å². The SMILES string of the molecule is CS(=Nc1ccccc1)(=Nc1ccccc1)c1ccc(Br)cc1. The molecular formula is C19H17BrN2S. The van der Waals surface area contributed by atoms with Crippen LogP contribution in [0.3, 0.4) is 0 Å². The Morgan fingerprint density at radius 2 is 1.09 bits per heavy atom. The van der Waals surface area contributed by atoms with Gasteiger partial charge >= 0.3 is 0 Å². The highest BCUT2D eigenvalue weighted by atomic mass is 79.9. The fraction of sp³-hybridized carbons (Fsp3) is 0.0526. The summed E-state index contributed by atoms with van der Waals surface area (Å²) < 4.78 is 11.0. The van der Waals surface area contributed by atoms with Gasteiger partial charge in [0.1, 0.15) is 0 Å². The fourth-order valence-corrected chi connectivity index (χ4v) is 4.44. The Kier molecular flexibility index (Phi) is 4.94. The smallest absolute Gasteiger partial charge is 0.0717 e. The summed E-state index contributed by atoms with van der Waals surface area (Å²) in [5, 5.41) is 0. The second kappa shape index (κ2) is 7.11. The maximum Gasteiger partial charge on any atom is 0.0717 e. The molecule has 3 aromatic rings. The number of nitrogens with zero attached hydrogens (tertiary/aromatic N) is 2. The summed E-state index contributed by atoms with van der Waals surface area (Å²) in [6.07, 6.45) is 2.12. The molecule has 2 nitrogen and oxygen atoms in total. The summed E-state index contributed by atoms with van der Waals surface area (Å²) in [5.41, 5.74) is 1.90. The standard InChI is InChI=1S/C19H17BrN2S/c1-23(19-14-12-16(20)13-15-19,21-17-8-4-2-5-9-17)22-18-10-6-3-7-11-18/h2-15H,1H3. The molecule has 0 radical (unpaired) electrons. The third-order valence-corrected chi connectivity index (χ3v) is 6.17. The van der Waals surface area contributed by atoms with Gasteiger partial charge in [-0.2, -0.15) is 0 Å². The molecule has 3 rings (SSSR count). The molecule has 0 spiro atoms. The Labute approximate surface area is 146 Å². The lowest BCUT2D eigenvalue weighted by molar-refractivity contribution is 1.39. The van der Waals surface area contributed by atoms with Crippen molar-refractivity contribution in [2.75, 3.05) is 6.26 Å². The highest BCUT2D eigenvalue weighted by Crippen LogP contribution is 2.26. The highest BCUT2D eigenvalue weighted by molar-refractivity contribution is 9.10. The molecule has 0 amide bonds. The van der Waals surface area contributed by atoms with Gasteiger partial charge in [-0.25, -0.2) is 8.73 Å². The van der Waals surface area contributed by atoms with Crippen LogP contribution in [0.1, 0.15) is 0 Å². The second-order valence-electron chi connectivity index (χ2n) is 5.14. The van der Waals surface area contributed by atoms with Gasteiger partial charge in [-0.15, -0.1) is 0 Å². The topological polar surface area (TPSA) is 24.7 Å². The zero-order valence-corrected chi connectivity index (χ0v) is 15.2. The van der Waals surface area contributed by atoms with E-state index >= 15 is 0 Å². The lowest BCUT2D eigenvalue weighted by atomic mass is 10.3. The third-order valence-electron chi connectivity index (χ3n) is 3.34. The number of rotatable bonds is 3. The summed E-state index contributed by atoms with van der Waals surface area (Å²) in [4.78, 5) is 1.13. The van der Waals surface area contributed by atoms with Gasteiger partial charge in [-0.05, 0) is 58.2 Å². The molecule has 0 heterocycles. The zero-order chi connectivity index (χ0) is 16.1. The minimum atomic E-state index is -1.71. The predicted molar refractivity (Wildman–Crippen MR) is 103 cm³/mol. The fourth-order valence-electron chi connectivity index (χ4n) is 2.21. The van der Waals surface area contributed by atoms with E-state index in [0.717, 1.165) is 20.7 Å². The minimum absolute atomic E-state index is 0.951. The molecule has 0 atom stereocenters. The molecule has 4 heteroatoms. The third kappa shape index (κ3) is 4.09. The number of benzene rings is 3. The normalized spacial score (nSPS) is 11.0. The van der Waals surface area contributed by atoms with E-state index in [4.69, 9.17) is 8.73 Å². The van der Waals surface area contributed by atoms with Crippen LogP contribution >= 0.6 is 15.9 Å². The molecule has 0 saturated heterocycles. The lowest BCUT2D eigenvalue weighted by Gasteiger charge is -2.12. The van der Waals surface area contributed by atoms with Crippen molar-refractivity contribution in [2.24, 2.45) is 8.73 Å². The summed E-state index contributed by atoms with van der Waals surface area (Å²) in [6.45, 7) is 0. The van der Waals surface area contributed by atoms with Crippen molar-refractivity contribution < 1.29 is 0 Å². The van der Waals surface area contributed by atoms with E-state index < -0.39 is 9.62 Å². The first-order valence-corrected chi connectivity index (χ1v) is 10.0. The average molecular weight is 385 g/mol. The Bertz CT molecular complexity index is 844. The molecule has 3 aromatic carbocycles. The molecule has 0 fully saturated rings. The number of hydrogen-bond acceptors (Lipinski definition) is 2. The van der Waals surface area contributed by atoms with E-state index in [-0.39, 0.29) is 0 Å². The van der Waals surface area contributed by atoms with Gasteiger partial charge in [0.25, 0.3) is 0 Å². The van der Waals surface area contributed by atoms with Gasteiger partial charge in [-0.3, -0.25) is 0 Å². The highest BCUT2D eigenvalue weighted by Gasteiger charge is 2.06. The van der Waals surface area contributed by atoms with Gasteiger partial charge in [0.05, 0.1) is 11.4 Å². The first-order valence-electron chi connectivity index (χ1n) is 7.26. The number of hydrogen-bond donors (Lipinski definition) is 0. The first kappa shape index (κ1) is 16.0. The van der Waals surface area contributed by atoms with Crippen molar-refractivity contribution in [3.63, 3.8) is 0 Å². The minimum Gasteiger partial charge on any atom is -0.213 e. The molecule has 0 aliphatic carbocycles. The largest absolute Gasteiger partial charge is 0.213 e. The molecule has 0 N–H and O–H groups in total. The molecule has 23 heavy (non-hydrogen) atoms.